The van der Waals surface area contributed by atoms with E-state index in [2.05, 4.69) is 0 Å². The summed E-state index contributed by atoms with van der Waals surface area (Å²) in [6.07, 6.45) is 2.68. The first-order chi connectivity index (χ1) is 9.58. The van der Waals surface area contributed by atoms with E-state index in [1.165, 1.54) is 12.2 Å². The molecule has 0 saturated carbocycles. The molecule has 0 radical (unpaired) electrons. The lowest BCUT2D eigenvalue weighted by molar-refractivity contribution is -0.509. The van der Waals surface area contributed by atoms with Crippen LogP contribution in [0.3, 0.4) is 0 Å². The van der Waals surface area contributed by atoms with E-state index in [0.717, 1.165) is 13.1 Å². The first-order valence-electron chi connectivity index (χ1n) is 6.71. The van der Waals surface area contributed by atoms with Crippen LogP contribution in [-0.4, -0.2) is 41.3 Å². The van der Waals surface area contributed by atoms with Gasteiger partial charge in [-0.05, 0) is 25.2 Å². The van der Waals surface area contributed by atoms with E-state index in [4.69, 9.17) is 0 Å². The largest absolute Gasteiger partial charge is 0.297 e. The van der Waals surface area contributed by atoms with E-state index >= 15 is 0 Å². The molecule has 0 aromatic heterocycles. The molecule has 1 aromatic rings. The average molecular weight is 276 g/mol. The first-order valence-corrected chi connectivity index (χ1v) is 6.71. The Hall–Kier alpha value is -2.01. The van der Waals surface area contributed by atoms with Crippen LogP contribution in [0.4, 0.5) is 0 Å². The van der Waals surface area contributed by atoms with Gasteiger partial charge >= 0.3 is 0 Å². The van der Waals surface area contributed by atoms with Crippen LogP contribution in [0.2, 0.25) is 0 Å². The fourth-order valence-electron chi connectivity index (χ4n) is 1.84. The average Bonchev–Trinajstić information content (AvgIpc) is 2.47. The Morgan fingerprint density at radius 1 is 1.30 bits per heavy atom. The Kier molecular flexibility index (Phi) is 6.59. The quantitative estimate of drug-likeness (QED) is 0.316. The molecular weight excluding hydrogens is 256 g/mol. The van der Waals surface area contributed by atoms with Crippen molar-refractivity contribution in [3.8, 4) is 0 Å². The lowest BCUT2D eigenvalue weighted by Gasteiger charge is -2.18. The number of nitro groups is 1. The normalized spacial score (nSPS) is 12.8. The lowest BCUT2D eigenvalue weighted by atomic mass is 10.1. The first kappa shape index (κ1) is 16.0. The van der Waals surface area contributed by atoms with Gasteiger partial charge in [0.15, 0.2) is 5.78 Å². The Morgan fingerprint density at radius 2 is 1.90 bits per heavy atom. The summed E-state index contributed by atoms with van der Waals surface area (Å²) in [7, 11) is 0. The van der Waals surface area contributed by atoms with E-state index in [-0.39, 0.29) is 10.7 Å². The number of allylic oxidation sites excluding steroid dienone is 1. The van der Waals surface area contributed by atoms with E-state index in [1.807, 2.05) is 24.8 Å². The summed E-state index contributed by atoms with van der Waals surface area (Å²) < 4.78 is 0. The van der Waals surface area contributed by atoms with Gasteiger partial charge in [0.1, 0.15) is 0 Å². The standard InChI is InChI=1S/C15H20N2O3/c1-3-16(4-2)12-14(17(19)20)10-11-15(18)13-8-6-5-7-9-13/h5-11,14H,3-4,12H2,1-2H3/b11-10+. The number of carbonyl (C=O) groups is 1. The number of hydrogen-bond acceptors (Lipinski definition) is 4. The van der Waals surface area contributed by atoms with Crippen molar-refractivity contribution in [2.24, 2.45) is 0 Å². The minimum Gasteiger partial charge on any atom is -0.297 e. The SMILES string of the molecule is CCN(CC)CC(/C=C/C(=O)c1ccccc1)[N+](=O)[O-]. The molecule has 1 atom stereocenters. The van der Waals surface area contributed by atoms with Crippen molar-refractivity contribution in [1.82, 2.24) is 4.90 Å². The van der Waals surface area contributed by atoms with Crippen molar-refractivity contribution < 1.29 is 9.72 Å². The van der Waals surface area contributed by atoms with Crippen LogP contribution in [0.15, 0.2) is 42.5 Å². The van der Waals surface area contributed by atoms with Gasteiger partial charge in [0.05, 0.1) is 6.54 Å². The van der Waals surface area contributed by atoms with Crippen LogP contribution in [0.5, 0.6) is 0 Å². The molecule has 20 heavy (non-hydrogen) atoms. The van der Waals surface area contributed by atoms with Crippen molar-refractivity contribution in [1.29, 1.82) is 0 Å². The molecular formula is C15H20N2O3. The highest BCUT2D eigenvalue weighted by atomic mass is 16.6. The molecule has 5 heteroatoms. The second kappa shape index (κ2) is 8.22. The van der Waals surface area contributed by atoms with Crippen molar-refractivity contribution >= 4 is 5.78 Å². The van der Waals surface area contributed by atoms with Crippen LogP contribution in [-0.2, 0) is 0 Å². The molecule has 0 spiro atoms. The van der Waals surface area contributed by atoms with Crippen molar-refractivity contribution in [2.75, 3.05) is 19.6 Å². The molecule has 1 aromatic carbocycles. The molecule has 1 unspecified atom stereocenters. The zero-order valence-corrected chi connectivity index (χ0v) is 11.9. The summed E-state index contributed by atoms with van der Waals surface area (Å²) in [6, 6.07) is 7.88. The second-order valence-electron chi connectivity index (χ2n) is 4.43. The maximum atomic E-state index is 11.9. The number of likely N-dealkylation sites (N-methyl/N-ethyl adjacent to an activating group) is 1. The van der Waals surface area contributed by atoms with Gasteiger partial charge < -0.3 is 0 Å². The van der Waals surface area contributed by atoms with Gasteiger partial charge in [0.25, 0.3) is 0 Å². The summed E-state index contributed by atoms with van der Waals surface area (Å²) in [5.74, 6) is -0.211. The van der Waals surface area contributed by atoms with Gasteiger partial charge in [-0.1, -0.05) is 44.2 Å². The number of nitrogens with zero attached hydrogens (tertiary/aromatic N) is 2. The van der Waals surface area contributed by atoms with Crippen LogP contribution in [0, 0.1) is 10.1 Å². The van der Waals surface area contributed by atoms with Gasteiger partial charge in [-0.3, -0.25) is 19.8 Å². The Balaban J connectivity index is 2.73. The van der Waals surface area contributed by atoms with Crippen LogP contribution < -0.4 is 0 Å². The van der Waals surface area contributed by atoms with Crippen molar-refractivity contribution in [3.63, 3.8) is 0 Å². The highest BCUT2D eigenvalue weighted by Crippen LogP contribution is 2.03. The van der Waals surface area contributed by atoms with Crippen molar-refractivity contribution in [3.05, 3.63) is 58.2 Å². The topological polar surface area (TPSA) is 63.5 Å². The summed E-state index contributed by atoms with van der Waals surface area (Å²) in [4.78, 5) is 24.5. The predicted octanol–water partition coefficient (Wildman–Crippen LogP) is 2.41. The lowest BCUT2D eigenvalue weighted by Crippen LogP contribution is -2.35. The van der Waals surface area contributed by atoms with Gasteiger partial charge in [-0.25, -0.2) is 0 Å². The highest BCUT2D eigenvalue weighted by Gasteiger charge is 2.19. The molecule has 0 aliphatic carbocycles. The molecule has 0 saturated heterocycles. The second-order valence-corrected chi connectivity index (χ2v) is 4.43. The molecule has 0 heterocycles. The van der Waals surface area contributed by atoms with Gasteiger partial charge in [-0.15, -0.1) is 0 Å². The third kappa shape index (κ3) is 4.93. The summed E-state index contributed by atoms with van der Waals surface area (Å²) >= 11 is 0. The van der Waals surface area contributed by atoms with E-state index in [0.29, 0.717) is 12.1 Å². The fraction of sp³-hybridized carbons (Fsp3) is 0.400. The van der Waals surface area contributed by atoms with E-state index in [9.17, 15) is 14.9 Å². The molecule has 108 valence electrons. The minimum atomic E-state index is -0.859. The van der Waals surface area contributed by atoms with Crippen LogP contribution in [0.1, 0.15) is 24.2 Å². The molecule has 1 rings (SSSR count). The summed E-state index contributed by atoms with van der Waals surface area (Å²) in [5.41, 5.74) is 0.536. The molecule has 0 aliphatic heterocycles. The number of rotatable bonds is 8. The zero-order chi connectivity index (χ0) is 15.0. The van der Waals surface area contributed by atoms with Gasteiger partial charge in [0, 0.05) is 10.5 Å². The summed E-state index contributed by atoms with van der Waals surface area (Å²) in [5, 5.41) is 11.0. The molecule has 0 bridgehead atoms. The monoisotopic (exact) mass is 276 g/mol. The van der Waals surface area contributed by atoms with Gasteiger partial charge in [0.2, 0.25) is 6.04 Å². The molecule has 0 N–H and O–H groups in total. The number of carbonyl (C=O) groups excluding carboxylic acids is 1. The number of benzene rings is 1. The van der Waals surface area contributed by atoms with E-state index in [1.54, 1.807) is 24.3 Å². The molecule has 0 amide bonds. The smallest absolute Gasteiger partial charge is 0.244 e. The fourth-order valence-corrected chi connectivity index (χ4v) is 1.84. The number of ketones is 1. The molecule has 0 aliphatic rings. The zero-order valence-electron chi connectivity index (χ0n) is 11.9. The third-order valence-electron chi connectivity index (χ3n) is 3.14. The van der Waals surface area contributed by atoms with Crippen molar-refractivity contribution in [2.45, 2.75) is 19.9 Å². The Bertz CT molecular complexity index is 467. The third-order valence-corrected chi connectivity index (χ3v) is 3.14. The maximum Gasteiger partial charge on any atom is 0.244 e. The minimum absolute atomic E-state index is 0.211. The van der Waals surface area contributed by atoms with Gasteiger partial charge in [-0.2, -0.15) is 0 Å². The Morgan fingerprint density at radius 3 is 2.40 bits per heavy atom. The van der Waals surface area contributed by atoms with Crippen LogP contribution in [0.25, 0.3) is 0 Å². The highest BCUT2D eigenvalue weighted by molar-refractivity contribution is 6.04. The molecule has 5 nitrogen and oxygen atoms in total. The number of hydrogen-bond donors (Lipinski definition) is 0. The van der Waals surface area contributed by atoms with E-state index < -0.39 is 6.04 Å². The summed E-state index contributed by atoms with van der Waals surface area (Å²) in [6.45, 7) is 5.74. The predicted molar refractivity (Wildman–Crippen MR) is 78.5 cm³/mol. The Labute approximate surface area is 119 Å². The van der Waals surface area contributed by atoms with Crippen LogP contribution >= 0.6 is 0 Å². The molecule has 0 fully saturated rings. The maximum absolute atomic E-state index is 11.9.